The Hall–Kier alpha value is -3.46. The van der Waals surface area contributed by atoms with Gasteiger partial charge < -0.3 is 35.0 Å². The zero-order chi connectivity index (χ0) is 19.4. The summed E-state index contributed by atoms with van der Waals surface area (Å²) in [5, 5.41) is 47.5. The number of aliphatic hydroxyl groups is 1. The first-order valence-corrected chi connectivity index (χ1v) is 7.24. The lowest BCUT2D eigenvalue weighted by Crippen LogP contribution is -2.23. The second-order valence-electron chi connectivity index (χ2n) is 5.24. The third-order valence-corrected chi connectivity index (χ3v) is 3.50. The smallest absolute Gasteiger partial charge is 0.349 e. The number of ether oxygens (including phenoxy) is 2. The predicted octanol–water partition coefficient (Wildman–Crippen LogP) is 1.21. The first-order valence-electron chi connectivity index (χ1n) is 7.24. The molecule has 0 saturated carbocycles. The van der Waals surface area contributed by atoms with Gasteiger partial charge in [0.25, 0.3) is 0 Å². The van der Waals surface area contributed by atoms with E-state index < -0.39 is 35.6 Å². The maximum atomic E-state index is 12.1. The standard InChI is InChI=1S/C17H16O9/c1-25-13-7-9(3-5-11(13)19)15(16(22)23)26-17(24)14(21)8-2-4-10(18)12(20)6-8/h2-7,14-15,18-21H,1H3,(H,22,23). The molecule has 2 aromatic carbocycles. The van der Waals surface area contributed by atoms with E-state index in [1.54, 1.807) is 0 Å². The van der Waals surface area contributed by atoms with Gasteiger partial charge in [0.15, 0.2) is 29.1 Å². The fourth-order valence-electron chi connectivity index (χ4n) is 2.15. The molecule has 2 atom stereocenters. The number of phenolic OH excluding ortho intramolecular Hbond substituents is 3. The van der Waals surface area contributed by atoms with E-state index in [0.29, 0.717) is 0 Å². The van der Waals surface area contributed by atoms with Crippen LogP contribution in [0.1, 0.15) is 23.3 Å². The summed E-state index contributed by atoms with van der Waals surface area (Å²) >= 11 is 0. The zero-order valence-corrected chi connectivity index (χ0v) is 13.5. The first kappa shape index (κ1) is 18.9. The highest BCUT2D eigenvalue weighted by Gasteiger charge is 2.29. The Morgan fingerprint density at radius 3 is 2.12 bits per heavy atom. The molecule has 0 saturated heterocycles. The molecule has 2 rings (SSSR count). The van der Waals surface area contributed by atoms with E-state index in [4.69, 9.17) is 9.47 Å². The van der Waals surface area contributed by atoms with Crippen molar-refractivity contribution in [1.82, 2.24) is 0 Å². The van der Waals surface area contributed by atoms with E-state index in [2.05, 4.69) is 0 Å². The third kappa shape index (κ3) is 3.95. The number of methoxy groups -OCH3 is 1. The molecule has 0 fully saturated rings. The van der Waals surface area contributed by atoms with Gasteiger partial charge in [-0.3, -0.25) is 0 Å². The molecule has 5 N–H and O–H groups in total. The highest BCUT2D eigenvalue weighted by atomic mass is 16.6. The highest BCUT2D eigenvalue weighted by molar-refractivity contribution is 5.82. The molecule has 26 heavy (non-hydrogen) atoms. The van der Waals surface area contributed by atoms with Gasteiger partial charge in [0.05, 0.1) is 7.11 Å². The average Bonchev–Trinajstić information content (AvgIpc) is 2.61. The van der Waals surface area contributed by atoms with Crippen LogP contribution in [0.2, 0.25) is 0 Å². The van der Waals surface area contributed by atoms with Crippen molar-refractivity contribution in [2.45, 2.75) is 12.2 Å². The van der Waals surface area contributed by atoms with Gasteiger partial charge in [-0.05, 0) is 29.8 Å². The minimum absolute atomic E-state index is 0.00116. The Labute approximate surface area is 147 Å². The second-order valence-corrected chi connectivity index (χ2v) is 5.24. The van der Waals surface area contributed by atoms with E-state index in [0.717, 1.165) is 12.1 Å². The van der Waals surface area contributed by atoms with Crippen LogP contribution in [0.25, 0.3) is 0 Å². The van der Waals surface area contributed by atoms with Crippen LogP contribution in [0.5, 0.6) is 23.0 Å². The van der Waals surface area contributed by atoms with Gasteiger partial charge in [-0.25, -0.2) is 9.59 Å². The van der Waals surface area contributed by atoms with Crippen molar-refractivity contribution < 1.29 is 44.6 Å². The van der Waals surface area contributed by atoms with E-state index in [1.807, 2.05) is 0 Å². The number of aliphatic hydroxyl groups excluding tert-OH is 1. The number of carboxylic acids is 1. The zero-order valence-electron chi connectivity index (χ0n) is 13.5. The van der Waals surface area contributed by atoms with Gasteiger partial charge in [0, 0.05) is 5.56 Å². The summed E-state index contributed by atoms with van der Waals surface area (Å²) in [4.78, 5) is 23.5. The maximum Gasteiger partial charge on any atom is 0.349 e. The number of benzene rings is 2. The third-order valence-electron chi connectivity index (χ3n) is 3.50. The maximum absolute atomic E-state index is 12.1. The normalized spacial score (nSPS) is 12.8. The SMILES string of the molecule is COc1cc(C(OC(=O)C(O)c2ccc(O)c(O)c2)C(=O)O)ccc1O. The highest BCUT2D eigenvalue weighted by Crippen LogP contribution is 2.32. The van der Waals surface area contributed by atoms with Crippen molar-refractivity contribution in [3.8, 4) is 23.0 Å². The molecule has 0 aromatic heterocycles. The van der Waals surface area contributed by atoms with Gasteiger partial charge >= 0.3 is 11.9 Å². The van der Waals surface area contributed by atoms with Crippen molar-refractivity contribution in [3.05, 3.63) is 47.5 Å². The lowest BCUT2D eigenvalue weighted by molar-refractivity contribution is -0.171. The summed E-state index contributed by atoms with van der Waals surface area (Å²) in [6.07, 6.45) is -3.65. The Morgan fingerprint density at radius 2 is 1.54 bits per heavy atom. The lowest BCUT2D eigenvalue weighted by Gasteiger charge is -2.18. The summed E-state index contributed by atoms with van der Waals surface area (Å²) in [7, 11) is 1.27. The number of carbonyl (C=O) groups excluding carboxylic acids is 1. The van der Waals surface area contributed by atoms with Crippen LogP contribution < -0.4 is 4.74 Å². The average molecular weight is 364 g/mol. The Balaban J connectivity index is 2.25. The van der Waals surface area contributed by atoms with Crippen molar-refractivity contribution in [3.63, 3.8) is 0 Å². The number of carboxylic acid groups (broad SMARTS) is 1. The van der Waals surface area contributed by atoms with Crippen molar-refractivity contribution in [2.75, 3.05) is 7.11 Å². The second kappa shape index (κ2) is 7.62. The molecule has 0 aliphatic carbocycles. The molecule has 0 heterocycles. The summed E-state index contributed by atoms with van der Waals surface area (Å²) in [5.74, 6) is -4.05. The summed E-state index contributed by atoms with van der Waals surface area (Å²) < 4.78 is 9.73. The molecule has 0 spiro atoms. The molecule has 0 amide bonds. The van der Waals surface area contributed by atoms with Crippen LogP contribution >= 0.6 is 0 Å². The topological polar surface area (TPSA) is 154 Å². The minimum atomic E-state index is -1.89. The van der Waals surface area contributed by atoms with Gasteiger partial charge in [-0.15, -0.1) is 0 Å². The Bertz CT molecular complexity index is 831. The van der Waals surface area contributed by atoms with Gasteiger partial charge in [-0.2, -0.15) is 0 Å². The molecule has 9 heteroatoms. The van der Waals surface area contributed by atoms with E-state index >= 15 is 0 Å². The quantitative estimate of drug-likeness (QED) is 0.376. The first-order chi connectivity index (χ1) is 12.2. The van der Waals surface area contributed by atoms with Crippen LogP contribution in [-0.2, 0) is 14.3 Å². The van der Waals surface area contributed by atoms with Crippen LogP contribution in [0.15, 0.2) is 36.4 Å². The summed E-state index contributed by atoms with van der Waals surface area (Å²) in [5.41, 5.74) is -0.0982. The fraction of sp³-hybridized carbons (Fsp3) is 0.176. The number of hydrogen-bond donors (Lipinski definition) is 5. The van der Waals surface area contributed by atoms with Crippen molar-refractivity contribution >= 4 is 11.9 Å². The molecule has 0 aliphatic heterocycles. The van der Waals surface area contributed by atoms with Crippen LogP contribution in [0.3, 0.4) is 0 Å². The number of carbonyl (C=O) groups is 2. The summed E-state index contributed by atoms with van der Waals surface area (Å²) in [6, 6.07) is 6.75. The molecule has 0 aliphatic rings. The molecular formula is C17H16O9. The molecule has 0 radical (unpaired) electrons. The van der Waals surface area contributed by atoms with E-state index in [1.165, 1.54) is 31.4 Å². The Kier molecular flexibility index (Phi) is 5.53. The van der Waals surface area contributed by atoms with E-state index in [9.17, 15) is 35.1 Å². The number of esters is 1. The van der Waals surface area contributed by atoms with Gasteiger partial charge in [0.1, 0.15) is 0 Å². The van der Waals surface area contributed by atoms with Crippen LogP contribution in [0, 0.1) is 0 Å². The minimum Gasteiger partial charge on any atom is -0.504 e. The molecular weight excluding hydrogens is 348 g/mol. The van der Waals surface area contributed by atoms with Crippen LogP contribution in [-0.4, -0.2) is 44.6 Å². The van der Waals surface area contributed by atoms with Crippen LogP contribution in [0.4, 0.5) is 0 Å². The molecule has 2 aromatic rings. The van der Waals surface area contributed by atoms with Gasteiger partial charge in [-0.1, -0.05) is 12.1 Å². The number of hydrogen-bond acceptors (Lipinski definition) is 8. The van der Waals surface area contributed by atoms with E-state index in [-0.39, 0.29) is 22.6 Å². The van der Waals surface area contributed by atoms with Gasteiger partial charge in [0.2, 0.25) is 6.10 Å². The number of phenols is 3. The molecule has 9 nitrogen and oxygen atoms in total. The number of aromatic hydroxyl groups is 3. The molecule has 0 bridgehead atoms. The molecule has 138 valence electrons. The largest absolute Gasteiger partial charge is 0.504 e. The predicted molar refractivity (Wildman–Crippen MR) is 85.9 cm³/mol. The molecule has 2 unspecified atom stereocenters. The Morgan fingerprint density at radius 1 is 0.923 bits per heavy atom. The lowest BCUT2D eigenvalue weighted by atomic mass is 10.1. The fourth-order valence-corrected chi connectivity index (χ4v) is 2.15. The monoisotopic (exact) mass is 364 g/mol. The van der Waals surface area contributed by atoms with Crippen molar-refractivity contribution in [2.24, 2.45) is 0 Å². The number of rotatable bonds is 6. The number of aliphatic carboxylic acids is 1. The van der Waals surface area contributed by atoms with Crippen molar-refractivity contribution in [1.29, 1.82) is 0 Å². The summed E-state index contributed by atoms with van der Waals surface area (Å²) in [6.45, 7) is 0.